The van der Waals surface area contributed by atoms with Gasteiger partial charge in [0, 0.05) is 18.5 Å². The Morgan fingerprint density at radius 2 is 2.28 bits per heavy atom. The van der Waals surface area contributed by atoms with Crippen molar-refractivity contribution in [1.82, 2.24) is 5.32 Å². The number of carbonyl (C=O) groups excluding carboxylic acids is 1. The van der Waals surface area contributed by atoms with Gasteiger partial charge in [0.1, 0.15) is 24.0 Å². The first kappa shape index (κ1) is 11.1. The molecule has 1 aromatic heterocycles. The van der Waals surface area contributed by atoms with E-state index >= 15 is 0 Å². The van der Waals surface area contributed by atoms with Gasteiger partial charge in [0.2, 0.25) is 5.91 Å². The zero-order valence-corrected chi connectivity index (χ0v) is 10.3. The molecule has 1 atom stereocenters. The standard InChI is InChI=1S/C13H14N2O3/c1-14-9-7-18-12-6-11-8(3-4-17-11)5-10(12)15(2)13(9)16/h3-6,9,14H,7H2,1-2H3. The zero-order chi connectivity index (χ0) is 12.7. The number of amides is 1. The number of hydrogen-bond donors (Lipinski definition) is 1. The van der Waals surface area contributed by atoms with Gasteiger partial charge in [-0.05, 0) is 19.2 Å². The fraction of sp³-hybridized carbons (Fsp3) is 0.308. The maximum absolute atomic E-state index is 12.2. The molecule has 1 aliphatic heterocycles. The molecule has 3 rings (SSSR count). The second-order valence-electron chi connectivity index (χ2n) is 4.33. The van der Waals surface area contributed by atoms with Crippen molar-refractivity contribution in [2.24, 2.45) is 0 Å². The topological polar surface area (TPSA) is 54.7 Å². The molecule has 1 aromatic carbocycles. The van der Waals surface area contributed by atoms with E-state index in [0.717, 1.165) is 16.7 Å². The number of rotatable bonds is 1. The molecule has 18 heavy (non-hydrogen) atoms. The van der Waals surface area contributed by atoms with Gasteiger partial charge in [0.15, 0.2) is 0 Å². The molecule has 2 heterocycles. The Hall–Kier alpha value is -2.01. The molecule has 0 radical (unpaired) electrons. The van der Waals surface area contributed by atoms with Crippen LogP contribution in [0.3, 0.4) is 0 Å². The summed E-state index contributed by atoms with van der Waals surface area (Å²) in [5, 5.41) is 3.91. The molecule has 0 bridgehead atoms. The van der Waals surface area contributed by atoms with Crippen molar-refractivity contribution in [2.75, 3.05) is 25.6 Å². The number of carbonyl (C=O) groups is 1. The first-order valence-corrected chi connectivity index (χ1v) is 5.79. The van der Waals surface area contributed by atoms with Crippen molar-refractivity contribution in [3.05, 3.63) is 24.5 Å². The number of likely N-dealkylation sites (N-methyl/N-ethyl adjacent to an activating group) is 2. The maximum Gasteiger partial charge on any atom is 0.247 e. The summed E-state index contributed by atoms with van der Waals surface area (Å²) in [6, 6.07) is 5.28. The number of fused-ring (bicyclic) bond motifs is 2. The van der Waals surface area contributed by atoms with E-state index in [-0.39, 0.29) is 11.9 Å². The van der Waals surface area contributed by atoms with E-state index < -0.39 is 0 Å². The Morgan fingerprint density at radius 3 is 3.06 bits per heavy atom. The van der Waals surface area contributed by atoms with Crippen LogP contribution >= 0.6 is 0 Å². The van der Waals surface area contributed by atoms with E-state index in [1.165, 1.54) is 0 Å². The van der Waals surface area contributed by atoms with Crippen molar-refractivity contribution >= 4 is 22.6 Å². The van der Waals surface area contributed by atoms with Crippen LogP contribution < -0.4 is 15.0 Å². The molecule has 0 spiro atoms. The van der Waals surface area contributed by atoms with Gasteiger partial charge >= 0.3 is 0 Å². The lowest BCUT2D eigenvalue weighted by Crippen LogP contribution is -2.45. The average Bonchev–Trinajstić information content (AvgIpc) is 2.80. The summed E-state index contributed by atoms with van der Waals surface area (Å²) in [5.74, 6) is 0.671. The molecule has 0 fully saturated rings. The van der Waals surface area contributed by atoms with Crippen molar-refractivity contribution in [3.8, 4) is 5.75 Å². The summed E-state index contributed by atoms with van der Waals surface area (Å²) in [4.78, 5) is 13.8. The van der Waals surface area contributed by atoms with Crippen LogP contribution in [0.4, 0.5) is 5.69 Å². The van der Waals surface area contributed by atoms with Gasteiger partial charge in [-0.25, -0.2) is 0 Å². The third-order valence-electron chi connectivity index (χ3n) is 3.28. The quantitative estimate of drug-likeness (QED) is 0.825. The Bertz CT molecular complexity index is 605. The van der Waals surface area contributed by atoms with E-state index in [4.69, 9.17) is 9.15 Å². The lowest BCUT2D eigenvalue weighted by atomic mass is 10.2. The molecule has 0 saturated carbocycles. The maximum atomic E-state index is 12.2. The third kappa shape index (κ3) is 1.55. The molecule has 1 N–H and O–H groups in total. The summed E-state index contributed by atoms with van der Waals surface area (Å²) < 4.78 is 11.0. The van der Waals surface area contributed by atoms with Crippen LogP contribution in [-0.4, -0.2) is 32.7 Å². The van der Waals surface area contributed by atoms with Crippen molar-refractivity contribution in [2.45, 2.75) is 6.04 Å². The van der Waals surface area contributed by atoms with Crippen LogP contribution in [0, 0.1) is 0 Å². The fourth-order valence-corrected chi connectivity index (χ4v) is 2.16. The minimum atomic E-state index is -0.325. The molecule has 94 valence electrons. The molecular formula is C13H14N2O3. The second kappa shape index (κ2) is 4.03. The molecule has 0 aliphatic carbocycles. The average molecular weight is 246 g/mol. The van der Waals surface area contributed by atoms with Crippen molar-refractivity contribution in [3.63, 3.8) is 0 Å². The smallest absolute Gasteiger partial charge is 0.247 e. The first-order valence-electron chi connectivity index (χ1n) is 5.79. The molecular weight excluding hydrogens is 232 g/mol. The third-order valence-corrected chi connectivity index (χ3v) is 3.28. The summed E-state index contributed by atoms with van der Waals surface area (Å²) >= 11 is 0. The summed E-state index contributed by atoms with van der Waals surface area (Å²) in [6.45, 7) is 0.318. The SMILES string of the molecule is CNC1COc2cc3occc3cc2N(C)C1=O. The highest BCUT2D eigenvalue weighted by Crippen LogP contribution is 2.35. The summed E-state index contributed by atoms with van der Waals surface area (Å²) in [6.07, 6.45) is 1.63. The van der Waals surface area contributed by atoms with Crippen LogP contribution in [-0.2, 0) is 4.79 Å². The van der Waals surface area contributed by atoms with Gasteiger partial charge in [0.05, 0.1) is 12.0 Å². The number of hydrogen-bond acceptors (Lipinski definition) is 4. The normalized spacial score (nSPS) is 19.6. The van der Waals surface area contributed by atoms with Crippen molar-refractivity contribution in [1.29, 1.82) is 0 Å². The second-order valence-corrected chi connectivity index (χ2v) is 4.33. The first-order chi connectivity index (χ1) is 8.70. The Balaban J connectivity index is 2.13. The molecule has 5 nitrogen and oxygen atoms in total. The van der Waals surface area contributed by atoms with Crippen LogP contribution in [0.25, 0.3) is 11.0 Å². The number of ether oxygens (including phenoxy) is 1. The lowest BCUT2D eigenvalue weighted by molar-refractivity contribution is -0.120. The van der Waals surface area contributed by atoms with Crippen LogP contribution in [0.15, 0.2) is 28.9 Å². The molecule has 1 amide bonds. The number of furan rings is 1. The molecule has 0 saturated heterocycles. The summed E-state index contributed by atoms with van der Waals surface area (Å²) in [5.41, 5.74) is 1.53. The predicted octanol–water partition coefficient (Wildman–Crippen LogP) is 1.38. The minimum absolute atomic E-state index is 0.000838. The van der Waals surface area contributed by atoms with Crippen LogP contribution in [0.1, 0.15) is 0 Å². The van der Waals surface area contributed by atoms with Gasteiger partial charge in [-0.1, -0.05) is 0 Å². The zero-order valence-electron chi connectivity index (χ0n) is 10.3. The highest BCUT2D eigenvalue weighted by Gasteiger charge is 2.28. The Labute approximate surface area is 104 Å². The van der Waals surface area contributed by atoms with Gasteiger partial charge in [0.25, 0.3) is 0 Å². The molecule has 2 aromatic rings. The predicted molar refractivity (Wildman–Crippen MR) is 68.0 cm³/mol. The van der Waals surface area contributed by atoms with E-state index in [9.17, 15) is 4.79 Å². The highest BCUT2D eigenvalue weighted by atomic mass is 16.5. The Kier molecular flexibility index (Phi) is 2.48. The highest BCUT2D eigenvalue weighted by molar-refractivity contribution is 6.01. The largest absolute Gasteiger partial charge is 0.489 e. The number of anilines is 1. The number of nitrogens with zero attached hydrogens (tertiary/aromatic N) is 1. The van der Waals surface area contributed by atoms with Crippen LogP contribution in [0.2, 0.25) is 0 Å². The number of nitrogens with one attached hydrogen (secondary N) is 1. The fourth-order valence-electron chi connectivity index (χ4n) is 2.16. The Morgan fingerprint density at radius 1 is 1.44 bits per heavy atom. The molecule has 5 heteroatoms. The summed E-state index contributed by atoms with van der Waals surface area (Å²) in [7, 11) is 3.51. The van der Waals surface area contributed by atoms with Gasteiger partial charge in [-0.15, -0.1) is 0 Å². The van der Waals surface area contributed by atoms with E-state index in [2.05, 4.69) is 5.32 Å². The molecule has 1 aliphatic rings. The minimum Gasteiger partial charge on any atom is -0.489 e. The van der Waals surface area contributed by atoms with Gasteiger partial charge in [-0.2, -0.15) is 0 Å². The van der Waals surface area contributed by atoms with E-state index in [1.54, 1.807) is 25.3 Å². The van der Waals surface area contributed by atoms with E-state index in [1.807, 2.05) is 18.2 Å². The monoisotopic (exact) mass is 246 g/mol. The van der Waals surface area contributed by atoms with Crippen LogP contribution in [0.5, 0.6) is 5.75 Å². The van der Waals surface area contributed by atoms with Gasteiger partial charge < -0.3 is 19.4 Å². The molecule has 1 unspecified atom stereocenters. The lowest BCUT2D eigenvalue weighted by Gasteiger charge is -2.19. The number of benzene rings is 1. The van der Waals surface area contributed by atoms with Gasteiger partial charge in [-0.3, -0.25) is 4.79 Å². The van der Waals surface area contributed by atoms with E-state index in [0.29, 0.717) is 12.4 Å². The van der Waals surface area contributed by atoms with Crippen molar-refractivity contribution < 1.29 is 13.9 Å².